The molecule has 31 heavy (non-hydrogen) atoms. The average Bonchev–Trinajstić information content (AvgIpc) is 3.27. The van der Waals surface area contributed by atoms with E-state index >= 15 is 0 Å². The van der Waals surface area contributed by atoms with E-state index in [1.807, 2.05) is 39.0 Å². The highest BCUT2D eigenvalue weighted by Crippen LogP contribution is 2.37. The van der Waals surface area contributed by atoms with Crippen LogP contribution in [0.4, 0.5) is 0 Å². The summed E-state index contributed by atoms with van der Waals surface area (Å²) in [6, 6.07) is 8.95. The van der Waals surface area contributed by atoms with Gasteiger partial charge in [0.1, 0.15) is 5.56 Å². The number of amides is 1. The molecule has 2 aromatic heterocycles. The lowest BCUT2D eigenvalue weighted by atomic mass is 10.0. The summed E-state index contributed by atoms with van der Waals surface area (Å²) in [6.45, 7) is 7.13. The first-order valence-electron chi connectivity index (χ1n) is 9.76. The Morgan fingerprint density at radius 2 is 1.84 bits per heavy atom. The van der Waals surface area contributed by atoms with Crippen molar-refractivity contribution in [1.82, 2.24) is 14.6 Å². The van der Waals surface area contributed by atoms with Gasteiger partial charge >= 0.3 is 5.69 Å². The van der Waals surface area contributed by atoms with Gasteiger partial charge < -0.3 is 5.11 Å². The minimum absolute atomic E-state index is 0.110. The summed E-state index contributed by atoms with van der Waals surface area (Å²) in [7, 11) is 0. The number of carbonyl (C=O) groups excluding carboxylic acids is 1. The Morgan fingerprint density at radius 1 is 1.16 bits per heavy atom. The van der Waals surface area contributed by atoms with Crippen LogP contribution in [0.15, 0.2) is 45.0 Å². The van der Waals surface area contributed by atoms with Crippen molar-refractivity contribution in [3.63, 3.8) is 0 Å². The summed E-state index contributed by atoms with van der Waals surface area (Å²) in [5.74, 6) is -0.770. The van der Waals surface area contributed by atoms with Crippen LogP contribution in [0.1, 0.15) is 45.8 Å². The van der Waals surface area contributed by atoms with E-state index in [0.29, 0.717) is 5.69 Å². The van der Waals surface area contributed by atoms with Crippen LogP contribution in [-0.4, -0.2) is 31.3 Å². The molecule has 0 saturated heterocycles. The molecular formula is C22H22N4O4S. The lowest BCUT2D eigenvalue weighted by Crippen LogP contribution is -2.33. The number of carbonyl (C=O) groups is 1. The van der Waals surface area contributed by atoms with Gasteiger partial charge in [0, 0.05) is 23.1 Å². The van der Waals surface area contributed by atoms with E-state index in [1.54, 1.807) is 23.5 Å². The minimum Gasteiger partial charge on any atom is -0.493 e. The predicted octanol–water partition coefficient (Wildman–Crippen LogP) is 2.92. The molecule has 3 aromatic rings. The van der Waals surface area contributed by atoms with Crippen molar-refractivity contribution in [2.45, 2.75) is 40.2 Å². The van der Waals surface area contributed by atoms with Crippen molar-refractivity contribution in [1.29, 1.82) is 0 Å². The molecular weight excluding hydrogens is 416 g/mol. The van der Waals surface area contributed by atoms with Crippen LogP contribution in [0.25, 0.3) is 5.69 Å². The van der Waals surface area contributed by atoms with Gasteiger partial charge in [-0.1, -0.05) is 6.07 Å². The number of hydrogen-bond acceptors (Lipinski definition) is 6. The van der Waals surface area contributed by atoms with Crippen LogP contribution < -0.4 is 11.2 Å². The van der Waals surface area contributed by atoms with Crippen molar-refractivity contribution >= 4 is 23.0 Å². The minimum atomic E-state index is -0.747. The number of aromatic amines is 1. The number of H-pyrrole nitrogens is 1. The number of hydrazone groups is 1. The molecule has 0 aliphatic carbocycles. The number of rotatable bonds is 3. The molecule has 1 atom stereocenters. The van der Waals surface area contributed by atoms with Gasteiger partial charge in [-0.05, 0) is 56.2 Å². The Bertz CT molecular complexity index is 1330. The zero-order valence-corrected chi connectivity index (χ0v) is 18.4. The van der Waals surface area contributed by atoms with Gasteiger partial charge in [0.05, 0.1) is 17.4 Å². The molecule has 8 nitrogen and oxygen atoms in total. The molecule has 1 aliphatic rings. The number of benzene rings is 1. The fraction of sp³-hybridized carbons (Fsp3) is 0.273. The van der Waals surface area contributed by atoms with E-state index in [9.17, 15) is 19.5 Å². The third-order valence-electron chi connectivity index (χ3n) is 5.16. The summed E-state index contributed by atoms with van der Waals surface area (Å²) < 4.78 is 1.06. The quantitative estimate of drug-likeness (QED) is 0.655. The van der Waals surface area contributed by atoms with E-state index in [4.69, 9.17) is 0 Å². The number of aromatic hydroxyl groups is 1. The molecule has 0 bridgehead atoms. The zero-order chi connectivity index (χ0) is 22.4. The Kier molecular flexibility index (Phi) is 5.14. The SMILES string of the molecule is CC(=O)N1N=C(c2c(O)n(-c3cc(C)cc(C)c3)c(=O)[nH]c2=O)CC1c1ccc(C)s1. The second kappa shape index (κ2) is 7.66. The molecule has 1 aromatic carbocycles. The lowest BCUT2D eigenvalue weighted by Gasteiger charge is -2.18. The summed E-state index contributed by atoms with van der Waals surface area (Å²) in [6.07, 6.45) is 0.251. The summed E-state index contributed by atoms with van der Waals surface area (Å²) in [5, 5.41) is 16.7. The van der Waals surface area contributed by atoms with Crippen molar-refractivity contribution in [2.24, 2.45) is 5.10 Å². The Labute approximate surface area is 182 Å². The summed E-state index contributed by atoms with van der Waals surface area (Å²) in [4.78, 5) is 41.8. The monoisotopic (exact) mass is 438 g/mol. The fourth-order valence-electron chi connectivity index (χ4n) is 3.91. The molecule has 160 valence electrons. The van der Waals surface area contributed by atoms with Crippen LogP contribution in [0, 0.1) is 20.8 Å². The standard InChI is InChI=1S/C22H22N4O4S/c1-11-7-12(2)9-15(8-11)25-21(29)19(20(28)23-22(25)30)16-10-17(26(24-16)14(4)27)18-6-5-13(3)31-18/h5-9,17,29H,10H2,1-4H3,(H,23,28,30). The van der Waals surface area contributed by atoms with Gasteiger partial charge in [0.2, 0.25) is 11.8 Å². The van der Waals surface area contributed by atoms with Crippen molar-refractivity contribution in [3.05, 3.63) is 77.6 Å². The van der Waals surface area contributed by atoms with Crippen molar-refractivity contribution in [3.8, 4) is 11.6 Å². The molecule has 1 amide bonds. The number of hydrogen-bond donors (Lipinski definition) is 2. The number of nitrogens with zero attached hydrogens (tertiary/aromatic N) is 3. The Hall–Kier alpha value is -3.46. The van der Waals surface area contributed by atoms with Crippen molar-refractivity contribution in [2.75, 3.05) is 0 Å². The second-order valence-electron chi connectivity index (χ2n) is 7.72. The first-order valence-corrected chi connectivity index (χ1v) is 10.6. The van der Waals surface area contributed by atoms with Gasteiger partial charge in [0.25, 0.3) is 5.56 Å². The topological polar surface area (TPSA) is 108 Å². The van der Waals surface area contributed by atoms with E-state index in [0.717, 1.165) is 25.4 Å². The number of nitrogens with one attached hydrogen (secondary N) is 1. The van der Waals surface area contributed by atoms with Gasteiger partial charge in [-0.15, -0.1) is 11.3 Å². The summed E-state index contributed by atoms with van der Waals surface area (Å²) in [5.41, 5.74) is 0.900. The molecule has 4 rings (SSSR count). The summed E-state index contributed by atoms with van der Waals surface area (Å²) >= 11 is 1.55. The molecule has 0 spiro atoms. The van der Waals surface area contributed by atoms with Crippen LogP contribution in [0.5, 0.6) is 5.88 Å². The fourth-order valence-corrected chi connectivity index (χ4v) is 4.87. The molecule has 0 radical (unpaired) electrons. The molecule has 1 aliphatic heterocycles. The van der Waals surface area contributed by atoms with E-state index in [-0.39, 0.29) is 29.6 Å². The smallest absolute Gasteiger partial charge is 0.335 e. The van der Waals surface area contributed by atoms with Gasteiger partial charge in [-0.2, -0.15) is 5.10 Å². The van der Waals surface area contributed by atoms with Gasteiger partial charge in [-0.25, -0.2) is 14.4 Å². The largest absolute Gasteiger partial charge is 0.493 e. The molecule has 0 saturated carbocycles. The van der Waals surface area contributed by atoms with Crippen LogP contribution in [-0.2, 0) is 4.79 Å². The molecule has 3 heterocycles. The molecule has 2 N–H and O–H groups in total. The first-order chi connectivity index (χ1) is 14.7. The van der Waals surface area contributed by atoms with E-state index < -0.39 is 17.1 Å². The number of thiophene rings is 1. The average molecular weight is 439 g/mol. The third kappa shape index (κ3) is 3.72. The molecule has 9 heteroatoms. The maximum Gasteiger partial charge on any atom is 0.335 e. The molecule has 1 unspecified atom stereocenters. The van der Waals surface area contributed by atoms with Gasteiger partial charge in [-0.3, -0.25) is 14.6 Å². The highest BCUT2D eigenvalue weighted by molar-refractivity contribution is 7.12. The highest BCUT2D eigenvalue weighted by Gasteiger charge is 2.35. The van der Waals surface area contributed by atoms with E-state index in [1.165, 1.54) is 11.9 Å². The first kappa shape index (κ1) is 20.8. The predicted molar refractivity (Wildman–Crippen MR) is 119 cm³/mol. The Balaban J connectivity index is 1.86. The van der Waals surface area contributed by atoms with Crippen LogP contribution in [0.2, 0.25) is 0 Å². The lowest BCUT2D eigenvalue weighted by molar-refractivity contribution is -0.130. The maximum atomic E-state index is 12.7. The van der Waals surface area contributed by atoms with Crippen molar-refractivity contribution < 1.29 is 9.90 Å². The highest BCUT2D eigenvalue weighted by atomic mass is 32.1. The maximum absolute atomic E-state index is 12.7. The number of aryl methyl sites for hydroxylation is 3. The van der Waals surface area contributed by atoms with Crippen LogP contribution >= 0.6 is 11.3 Å². The zero-order valence-electron chi connectivity index (χ0n) is 17.6. The number of aromatic nitrogens is 2. The van der Waals surface area contributed by atoms with Crippen LogP contribution in [0.3, 0.4) is 0 Å². The Morgan fingerprint density at radius 3 is 2.42 bits per heavy atom. The molecule has 0 fully saturated rings. The van der Waals surface area contributed by atoms with Gasteiger partial charge in [0.15, 0.2) is 0 Å². The third-order valence-corrected chi connectivity index (χ3v) is 6.26. The second-order valence-corrected chi connectivity index (χ2v) is 9.04. The normalized spacial score (nSPS) is 15.9. The van der Waals surface area contributed by atoms with E-state index in [2.05, 4.69) is 10.1 Å².